The molecule has 0 atom stereocenters. The lowest BCUT2D eigenvalue weighted by atomic mass is 9.98. The molecule has 1 N–H and O–H groups in total. The molecule has 2 aromatic heterocycles. The van der Waals surface area contributed by atoms with Gasteiger partial charge in [-0.05, 0) is 53.6 Å². The van der Waals surface area contributed by atoms with Crippen molar-refractivity contribution in [1.29, 1.82) is 0 Å². The minimum absolute atomic E-state index is 0.0866. The van der Waals surface area contributed by atoms with E-state index in [1.54, 1.807) is 23.5 Å². The molecule has 0 unspecified atom stereocenters. The summed E-state index contributed by atoms with van der Waals surface area (Å²) in [7, 11) is 0. The minimum atomic E-state index is -0.574. The fourth-order valence-electron chi connectivity index (χ4n) is 4.68. The Morgan fingerprint density at radius 1 is 0.743 bits per heavy atom. The second kappa shape index (κ2) is 8.52. The quantitative estimate of drug-likeness (QED) is 0.188. The van der Waals surface area contributed by atoms with Crippen LogP contribution in [0.15, 0.2) is 88.5 Å². The van der Waals surface area contributed by atoms with E-state index in [1.807, 2.05) is 54.6 Å². The summed E-state index contributed by atoms with van der Waals surface area (Å²) in [6.45, 7) is 0.252. The van der Waals surface area contributed by atoms with Gasteiger partial charge in [-0.3, -0.25) is 19.5 Å². The molecule has 7 heteroatoms. The number of rotatable bonds is 5. The van der Waals surface area contributed by atoms with Crippen molar-refractivity contribution in [1.82, 2.24) is 4.57 Å². The van der Waals surface area contributed by atoms with Crippen LogP contribution in [-0.4, -0.2) is 17.3 Å². The molecule has 1 amide bonds. The number of amides is 1. The van der Waals surface area contributed by atoms with Crippen LogP contribution < -0.4 is 16.4 Å². The number of hydrogen-bond acceptors (Lipinski definition) is 5. The Bertz CT molecular complexity index is 1810. The highest BCUT2D eigenvalue weighted by Crippen LogP contribution is 2.39. The first-order valence-electron chi connectivity index (χ1n) is 11.3. The summed E-state index contributed by atoms with van der Waals surface area (Å²) < 4.78 is 8.68. The number of benzene rings is 4. The van der Waals surface area contributed by atoms with Crippen LogP contribution in [0.2, 0.25) is 0 Å². The number of anilines is 1. The number of pyridine rings is 1. The van der Waals surface area contributed by atoms with E-state index in [9.17, 15) is 14.4 Å². The van der Waals surface area contributed by atoms with Gasteiger partial charge in [-0.25, -0.2) is 4.79 Å². The second-order valence-electron chi connectivity index (χ2n) is 8.36. The predicted octanol–water partition coefficient (Wildman–Crippen LogP) is 5.96. The van der Waals surface area contributed by atoms with Crippen molar-refractivity contribution in [3.63, 3.8) is 0 Å². The smallest absolute Gasteiger partial charge is 0.411 e. The molecule has 172 valence electrons. The highest BCUT2D eigenvalue weighted by atomic mass is 32.1. The standard InChI is InChI=1S/C28H20N2O4S/c31-26-20-12-11-19-18-9-4-5-10-22(18)35-23-14-13-21(24(20)25(19)23)27(32)30(26)15-6-16-34-28(33)29-17-7-2-1-3-8-17/h1-5,7-14H,6,15-16H2,(H,29,33). The van der Waals surface area contributed by atoms with Crippen LogP contribution in [0.25, 0.3) is 41.7 Å². The predicted molar refractivity (Wildman–Crippen MR) is 142 cm³/mol. The van der Waals surface area contributed by atoms with Gasteiger partial charge >= 0.3 is 6.09 Å². The molecule has 0 radical (unpaired) electrons. The van der Waals surface area contributed by atoms with Crippen LogP contribution in [0.3, 0.4) is 0 Å². The summed E-state index contributed by atoms with van der Waals surface area (Å²) in [6.07, 6.45) is -0.229. The molecule has 0 aliphatic carbocycles. The van der Waals surface area contributed by atoms with E-state index in [1.165, 1.54) is 4.57 Å². The molecule has 4 aromatic carbocycles. The zero-order valence-electron chi connectivity index (χ0n) is 18.6. The Hall–Kier alpha value is -4.23. The van der Waals surface area contributed by atoms with Crippen molar-refractivity contribution in [3.05, 3.63) is 99.6 Å². The maximum absolute atomic E-state index is 13.3. The van der Waals surface area contributed by atoms with Crippen LogP contribution in [-0.2, 0) is 11.3 Å². The number of para-hydroxylation sites is 1. The average Bonchev–Trinajstić information content (AvgIpc) is 2.88. The fraction of sp³-hybridized carbons (Fsp3) is 0.107. The first kappa shape index (κ1) is 21.3. The van der Waals surface area contributed by atoms with E-state index < -0.39 is 6.09 Å². The molecular formula is C28H20N2O4S. The van der Waals surface area contributed by atoms with E-state index in [4.69, 9.17) is 4.74 Å². The molecule has 0 saturated heterocycles. The molecule has 0 aliphatic heterocycles. The van der Waals surface area contributed by atoms with Crippen LogP contribution in [0.5, 0.6) is 0 Å². The van der Waals surface area contributed by atoms with Gasteiger partial charge in [0.05, 0.1) is 6.61 Å². The molecule has 0 spiro atoms. The van der Waals surface area contributed by atoms with Crippen LogP contribution in [0.1, 0.15) is 6.42 Å². The molecule has 0 bridgehead atoms. The monoisotopic (exact) mass is 480 g/mol. The maximum atomic E-state index is 13.3. The van der Waals surface area contributed by atoms with Gasteiger partial charge in [-0.15, -0.1) is 11.3 Å². The molecule has 6 aromatic rings. The summed E-state index contributed by atoms with van der Waals surface area (Å²) in [6, 6.07) is 24.8. The van der Waals surface area contributed by atoms with Crippen molar-refractivity contribution < 1.29 is 9.53 Å². The highest BCUT2D eigenvalue weighted by molar-refractivity contribution is 7.25. The number of aromatic nitrogens is 1. The first-order valence-corrected chi connectivity index (χ1v) is 12.2. The van der Waals surface area contributed by atoms with Crippen molar-refractivity contribution in [2.75, 3.05) is 11.9 Å². The topological polar surface area (TPSA) is 77.4 Å². The van der Waals surface area contributed by atoms with E-state index in [0.717, 1.165) is 30.9 Å². The average molecular weight is 481 g/mol. The highest BCUT2D eigenvalue weighted by Gasteiger charge is 2.18. The molecule has 0 saturated carbocycles. The number of nitrogens with one attached hydrogen (secondary N) is 1. The van der Waals surface area contributed by atoms with Gasteiger partial charge in [0.1, 0.15) is 0 Å². The van der Waals surface area contributed by atoms with Gasteiger partial charge in [0.2, 0.25) is 0 Å². The van der Waals surface area contributed by atoms with Crippen LogP contribution in [0.4, 0.5) is 10.5 Å². The maximum Gasteiger partial charge on any atom is 0.411 e. The Morgan fingerprint density at radius 2 is 1.43 bits per heavy atom. The first-order chi connectivity index (χ1) is 17.1. The van der Waals surface area contributed by atoms with Crippen molar-refractivity contribution in [2.45, 2.75) is 13.0 Å². The molecule has 2 heterocycles. The van der Waals surface area contributed by atoms with E-state index in [2.05, 4.69) is 17.4 Å². The third-order valence-corrected chi connectivity index (χ3v) is 7.39. The molecule has 0 fully saturated rings. The fourth-order valence-corrected chi connectivity index (χ4v) is 5.80. The second-order valence-corrected chi connectivity index (χ2v) is 9.45. The van der Waals surface area contributed by atoms with Gasteiger partial charge in [0.15, 0.2) is 0 Å². The van der Waals surface area contributed by atoms with E-state index in [0.29, 0.717) is 22.9 Å². The van der Waals surface area contributed by atoms with E-state index in [-0.39, 0.29) is 24.3 Å². The summed E-state index contributed by atoms with van der Waals surface area (Å²) in [5.41, 5.74) is 0.00358. The summed E-state index contributed by atoms with van der Waals surface area (Å²) in [5, 5.41) is 7.55. The number of carbonyl (C=O) groups is 1. The summed E-state index contributed by atoms with van der Waals surface area (Å²) in [4.78, 5) is 38.7. The molecular weight excluding hydrogens is 460 g/mol. The molecule has 35 heavy (non-hydrogen) atoms. The lowest BCUT2D eigenvalue weighted by Crippen LogP contribution is -2.34. The zero-order valence-corrected chi connectivity index (χ0v) is 19.4. The molecule has 6 nitrogen and oxygen atoms in total. The third-order valence-electron chi connectivity index (χ3n) is 6.25. The van der Waals surface area contributed by atoms with Crippen molar-refractivity contribution >= 4 is 64.8 Å². The summed E-state index contributed by atoms with van der Waals surface area (Å²) >= 11 is 1.66. The van der Waals surface area contributed by atoms with Crippen LogP contribution in [0, 0.1) is 0 Å². The van der Waals surface area contributed by atoms with Crippen LogP contribution >= 0.6 is 11.3 Å². The number of nitrogens with zero attached hydrogens (tertiary/aromatic N) is 1. The number of fused-ring (bicyclic) bond motifs is 2. The SMILES string of the molecule is O=C(Nc1ccccc1)OCCCn1c(=O)c2ccc3sc4ccccc4c4ccc(c1=O)c2c34. The Kier molecular flexibility index (Phi) is 5.19. The normalized spacial score (nSPS) is 11.5. The van der Waals surface area contributed by atoms with Gasteiger partial charge in [0, 0.05) is 43.2 Å². The number of carbonyl (C=O) groups excluding carboxylic acids is 1. The van der Waals surface area contributed by atoms with Gasteiger partial charge < -0.3 is 4.74 Å². The van der Waals surface area contributed by atoms with Gasteiger partial charge in [-0.2, -0.15) is 0 Å². The third kappa shape index (κ3) is 3.61. The molecule has 6 rings (SSSR count). The van der Waals surface area contributed by atoms with Gasteiger partial charge in [-0.1, -0.05) is 42.5 Å². The van der Waals surface area contributed by atoms with Crippen molar-refractivity contribution in [3.8, 4) is 0 Å². The summed E-state index contributed by atoms with van der Waals surface area (Å²) in [5.74, 6) is 0. The van der Waals surface area contributed by atoms with Crippen molar-refractivity contribution in [2.24, 2.45) is 0 Å². The largest absolute Gasteiger partial charge is 0.449 e. The van der Waals surface area contributed by atoms with E-state index >= 15 is 0 Å². The Morgan fingerprint density at radius 3 is 2.23 bits per heavy atom. The lowest BCUT2D eigenvalue weighted by molar-refractivity contribution is 0.158. The Labute approximate surface area is 203 Å². The number of ether oxygens (including phenoxy) is 1. The lowest BCUT2D eigenvalue weighted by Gasteiger charge is -2.14. The Balaban J connectivity index is 1.32. The zero-order chi connectivity index (χ0) is 23.9. The number of hydrogen-bond donors (Lipinski definition) is 1. The minimum Gasteiger partial charge on any atom is -0.449 e. The van der Waals surface area contributed by atoms with Gasteiger partial charge in [0.25, 0.3) is 11.1 Å². The molecule has 0 aliphatic rings.